The van der Waals surface area contributed by atoms with Crippen LogP contribution < -0.4 is 16.2 Å². The minimum absolute atomic E-state index is 0.0182. The Morgan fingerprint density at radius 1 is 1.21 bits per heavy atom. The van der Waals surface area contributed by atoms with E-state index < -0.39 is 10.0 Å². The number of hydrogen-bond donors (Lipinski definition) is 3. The van der Waals surface area contributed by atoms with Crippen molar-refractivity contribution >= 4 is 21.4 Å². The highest BCUT2D eigenvalue weighted by atomic mass is 32.2. The number of sulfonamides is 1. The number of nitrogen functional groups attached to an aromatic ring is 1. The Balaban J connectivity index is 2.08. The summed E-state index contributed by atoms with van der Waals surface area (Å²) in [4.78, 5) is -0.0182. The van der Waals surface area contributed by atoms with Crippen LogP contribution in [-0.4, -0.2) is 14.5 Å². The molecule has 0 amide bonds. The molecule has 0 unspecified atom stereocenters. The van der Waals surface area contributed by atoms with Gasteiger partial charge in [-0.15, -0.1) is 0 Å². The molecule has 6 heteroatoms. The van der Waals surface area contributed by atoms with E-state index in [2.05, 4.69) is 12.2 Å². The van der Waals surface area contributed by atoms with Crippen LogP contribution in [0.15, 0.2) is 23.1 Å². The van der Waals surface area contributed by atoms with Gasteiger partial charge < -0.3 is 11.1 Å². The first-order valence-electron chi connectivity index (χ1n) is 6.55. The van der Waals surface area contributed by atoms with Crippen molar-refractivity contribution in [1.29, 1.82) is 0 Å². The second kappa shape index (κ2) is 5.38. The summed E-state index contributed by atoms with van der Waals surface area (Å²) in [5.74, 6) is 0.799. The Bertz CT molecular complexity index is 549. The fourth-order valence-corrected chi connectivity index (χ4v) is 3.18. The van der Waals surface area contributed by atoms with Crippen LogP contribution in [0.25, 0.3) is 0 Å². The minimum atomic E-state index is -3.74. The van der Waals surface area contributed by atoms with Crippen LogP contribution in [0.5, 0.6) is 0 Å². The maximum atomic E-state index is 11.3. The molecule has 0 aliphatic heterocycles. The van der Waals surface area contributed by atoms with Gasteiger partial charge in [0.1, 0.15) is 4.90 Å². The molecule has 1 fully saturated rings. The smallest absolute Gasteiger partial charge is 0.240 e. The average Bonchev–Trinajstić information content (AvgIpc) is 2.30. The molecule has 0 atom stereocenters. The van der Waals surface area contributed by atoms with Gasteiger partial charge in [-0.25, -0.2) is 13.6 Å². The van der Waals surface area contributed by atoms with Gasteiger partial charge in [-0.05, 0) is 49.8 Å². The molecule has 1 aliphatic carbocycles. The molecule has 0 spiro atoms. The van der Waals surface area contributed by atoms with E-state index in [1.54, 1.807) is 12.1 Å². The largest absolute Gasteiger partial charge is 0.398 e. The first kappa shape index (κ1) is 14.1. The Morgan fingerprint density at radius 2 is 1.84 bits per heavy atom. The van der Waals surface area contributed by atoms with E-state index in [1.807, 2.05) is 0 Å². The van der Waals surface area contributed by atoms with E-state index in [4.69, 9.17) is 10.9 Å². The summed E-state index contributed by atoms with van der Waals surface area (Å²) in [6.45, 7) is 2.27. The van der Waals surface area contributed by atoms with Crippen LogP contribution in [0.1, 0.15) is 32.6 Å². The summed E-state index contributed by atoms with van der Waals surface area (Å²) >= 11 is 0. The molecule has 0 heterocycles. The summed E-state index contributed by atoms with van der Waals surface area (Å²) in [5, 5.41) is 8.48. The van der Waals surface area contributed by atoms with Crippen LogP contribution in [0.4, 0.5) is 11.4 Å². The second-order valence-corrected chi connectivity index (χ2v) is 6.93. The predicted molar refractivity (Wildman–Crippen MR) is 77.3 cm³/mol. The maximum Gasteiger partial charge on any atom is 0.240 e. The van der Waals surface area contributed by atoms with E-state index in [-0.39, 0.29) is 10.6 Å². The van der Waals surface area contributed by atoms with Crippen LogP contribution >= 0.6 is 0 Å². The van der Waals surface area contributed by atoms with Gasteiger partial charge in [-0.3, -0.25) is 0 Å². The minimum Gasteiger partial charge on any atom is -0.398 e. The van der Waals surface area contributed by atoms with Gasteiger partial charge >= 0.3 is 0 Å². The Hall–Kier alpha value is -1.27. The van der Waals surface area contributed by atoms with Crippen molar-refractivity contribution in [1.82, 2.24) is 0 Å². The van der Waals surface area contributed by atoms with Crippen molar-refractivity contribution in [3.8, 4) is 0 Å². The van der Waals surface area contributed by atoms with Crippen molar-refractivity contribution in [3.63, 3.8) is 0 Å². The van der Waals surface area contributed by atoms with Gasteiger partial charge in [0.05, 0.1) is 5.69 Å². The molecule has 2 rings (SSSR count). The van der Waals surface area contributed by atoms with Crippen LogP contribution in [-0.2, 0) is 10.0 Å². The maximum absolute atomic E-state index is 11.3. The molecule has 106 valence electrons. The van der Waals surface area contributed by atoms with Gasteiger partial charge in [-0.2, -0.15) is 0 Å². The highest BCUT2D eigenvalue weighted by Crippen LogP contribution is 2.27. The molecule has 1 aromatic carbocycles. The first-order chi connectivity index (χ1) is 8.86. The lowest BCUT2D eigenvalue weighted by Gasteiger charge is -2.27. The van der Waals surface area contributed by atoms with Crippen molar-refractivity contribution in [2.45, 2.75) is 43.5 Å². The lowest BCUT2D eigenvalue weighted by atomic mass is 9.87. The van der Waals surface area contributed by atoms with E-state index in [0.29, 0.717) is 6.04 Å². The molecule has 0 saturated heterocycles. The van der Waals surface area contributed by atoms with Crippen molar-refractivity contribution < 1.29 is 8.42 Å². The number of hydrogen-bond acceptors (Lipinski definition) is 4. The topological polar surface area (TPSA) is 98.2 Å². The lowest BCUT2D eigenvalue weighted by molar-refractivity contribution is 0.361. The number of anilines is 2. The zero-order valence-electron chi connectivity index (χ0n) is 11.1. The van der Waals surface area contributed by atoms with Crippen LogP contribution in [0.3, 0.4) is 0 Å². The lowest BCUT2D eigenvalue weighted by Crippen LogP contribution is -2.25. The average molecular weight is 283 g/mol. The Morgan fingerprint density at radius 3 is 2.37 bits per heavy atom. The number of nitrogens with two attached hydrogens (primary N) is 2. The molecule has 1 saturated carbocycles. The number of nitrogens with one attached hydrogen (secondary N) is 1. The molecular formula is C13H21N3O2S. The molecule has 1 aliphatic rings. The van der Waals surface area contributed by atoms with Gasteiger partial charge in [0.2, 0.25) is 10.0 Å². The highest BCUT2D eigenvalue weighted by Gasteiger charge is 2.18. The molecule has 5 N–H and O–H groups in total. The third kappa shape index (κ3) is 3.61. The molecule has 1 aromatic rings. The standard InChI is InChI=1S/C13H21N3O2S/c1-9-2-4-10(5-3-9)16-11-6-7-13(12(14)8-11)19(15,17)18/h6-10,16H,2-5,14H2,1H3,(H2,15,17,18). The summed E-state index contributed by atoms with van der Waals surface area (Å²) in [5.41, 5.74) is 6.78. The first-order valence-corrected chi connectivity index (χ1v) is 8.10. The Labute approximate surface area is 114 Å². The Kier molecular flexibility index (Phi) is 4.01. The molecular weight excluding hydrogens is 262 g/mol. The van der Waals surface area contributed by atoms with Crippen LogP contribution in [0, 0.1) is 5.92 Å². The monoisotopic (exact) mass is 283 g/mol. The summed E-state index contributed by atoms with van der Waals surface area (Å²) < 4.78 is 22.5. The van der Waals surface area contributed by atoms with E-state index in [0.717, 1.165) is 24.4 Å². The van der Waals surface area contributed by atoms with Crippen LogP contribution in [0.2, 0.25) is 0 Å². The summed E-state index contributed by atoms with van der Waals surface area (Å²) in [7, 11) is -3.74. The number of primary sulfonamides is 1. The van der Waals surface area contributed by atoms with Gasteiger partial charge in [0.25, 0.3) is 0 Å². The fourth-order valence-electron chi connectivity index (χ4n) is 2.54. The zero-order valence-corrected chi connectivity index (χ0v) is 11.9. The third-order valence-electron chi connectivity index (χ3n) is 3.70. The van der Waals surface area contributed by atoms with Crippen molar-refractivity contribution in [2.75, 3.05) is 11.1 Å². The number of rotatable bonds is 3. The van der Waals surface area contributed by atoms with Gasteiger partial charge in [0.15, 0.2) is 0 Å². The van der Waals surface area contributed by atoms with Gasteiger partial charge in [-0.1, -0.05) is 6.92 Å². The molecule has 0 bridgehead atoms. The normalized spacial score (nSPS) is 24.1. The molecule has 19 heavy (non-hydrogen) atoms. The van der Waals surface area contributed by atoms with Crippen molar-refractivity contribution in [3.05, 3.63) is 18.2 Å². The quantitative estimate of drug-likeness (QED) is 0.738. The van der Waals surface area contributed by atoms with E-state index in [9.17, 15) is 8.42 Å². The molecule has 0 radical (unpaired) electrons. The second-order valence-electron chi connectivity index (χ2n) is 5.40. The zero-order chi connectivity index (χ0) is 14.0. The summed E-state index contributed by atoms with van der Waals surface area (Å²) in [6, 6.07) is 5.25. The summed E-state index contributed by atoms with van der Waals surface area (Å²) in [6.07, 6.45) is 4.72. The predicted octanol–water partition coefficient (Wildman–Crippen LogP) is 1.91. The van der Waals surface area contributed by atoms with Crippen molar-refractivity contribution in [2.24, 2.45) is 11.1 Å². The van der Waals surface area contributed by atoms with E-state index in [1.165, 1.54) is 18.9 Å². The number of benzene rings is 1. The highest BCUT2D eigenvalue weighted by molar-refractivity contribution is 7.89. The molecule has 5 nitrogen and oxygen atoms in total. The van der Waals surface area contributed by atoms with Gasteiger partial charge in [0, 0.05) is 11.7 Å². The van der Waals surface area contributed by atoms with E-state index >= 15 is 0 Å². The fraction of sp³-hybridized carbons (Fsp3) is 0.538. The third-order valence-corrected chi connectivity index (χ3v) is 4.69. The molecule has 0 aromatic heterocycles. The SMILES string of the molecule is CC1CCC(Nc2ccc(S(N)(=O)=O)c(N)c2)CC1.